The number of nitrogens with zero attached hydrogens (tertiary/aromatic N) is 8. The third kappa shape index (κ3) is 7.01. The van der Waals surface area contributed by atoms with Crippen LogP contribution in [0, 0.1) is 6.92 Å². The second-order valence-electron chi connectivity index (χ2n) is 8.46. The van der Waals surface area contributed by atoms with Gasteiger partial charge in [-0.2, -0.15) is 18.2 Å². The summed E-state index contributed by atoms with van der Waals surface area (Å²) in [6, 6.07) is -1.12. The summed E-state index contributed by atoms with van der Waals surface area (Å²) in [4.78, 5) is 58.1. The van der Waals surface area contributed by atoms with Crippen LogP contribution in [0.15, 0.2) is 61.2 Å². The van der Waals surface area contributed by atoms with E-state index in [9.17, 15) is 27.6 Å². The Morgan fingerprint density at radius 2 is 1.95 bits per heavy atom. The number of alkyl halides is 3. The van der Waals surface area contributed by atoms with Crippen LogP contribution in [0.3, 0.4) is 0 Å². The van der Waals surface area contributed by atoms with Crippen molar-refractivity contribution < 1.29 is 22.5 Å². The number of nitrogens with one attached hydrogen (secondary N) is 2. The number of aromatic nitrogens is 6. The highest BCUT2D eigenvalue weighted by molar-refractivity contribution is 6.08. The first-order chi connectivity index (χ1) is 19.8. The van der Waals surface area contributed by atoms with E-state index in [1.54, 1.807) is 13.8 Å². The highest BCUT2D eigenvalue weighted by atomic mass is 19.4. The van der Waals surface area contributed by atoms with Crippen LogP contribution in [0.25, 0.3) is 0 Å². The number of allylic oxidation sites excluding steroid dienone is 1. The van der Waals surface area contributed by atoms with Gasteiger partial charge in [0.2, 0.25) is 17.6 Å². The molecular formula is C24H26F3N11O4. The Kier molecular flexibility index (Phi) is 9.51. The van der Waals surface area contributed by atoms with Crippen LogP contribution in [0.5, 0.6) is 0 Å². The molecular weight excluding hydrogens is 563 g/mol. The number of anilines is 1. The molecule has 0 radical (unpaired) electrons. The monoisotopic (exact) mass is 589 g/mol. The summed E-state index contributed by atoms with van der Waals surface area (Å²) in [5, 5.41) is 8.85. The van der Waals surface area contributed by atoms with Gasteiger partial charge in [0.15, 0.2) is 11.6 Å². The molecule has 222 valence electrons. The minimum Gasteiger partial charge on any atom is -0.402 e. The molecule has 0 aliphatic carbocycles. The number of hydrogen-bond acceptors (Lipinski definition) is 12. The lowest BCUT2D eigenvalue weighted by atomic mass is 10.2. The van der Waals surface area contributed by atoms with Gasteiger partial charge in [-0.1, -0.05) is 11.7 Å². The third-order valence-corrected chi connectivity index (χ3v) is 5.43. The summed E-state index contributed by atoms with van der Waals surface area (Å²) in [5.74, 6) is -1.98. The Bertz CT molecular complexity index is 1680. The van der Waals surface area contributed by atoms with E-state index in [2.05, 4.69) is 47.3 Å². The van der Waals surface area contributed by atoms with Crippen molar-refractivity contribution in [2.24, 2.45) is 22.8 Å². The molecule has 0 unspecified atom stereocenters. The maximum atomic E-state index is 13.4. The molecule has 3 aromatic rings. The average Bonchev–Trinajstić information content (AvgIpc) is 3.37. The Morgan fingerprint density at radius 1 is 1.29 bits per heavy atom. The minimum absolute atomic E-state index is 0.0121. The summed E-state index contributed by atoms with van der Waals surface area (Å²) in [7, 11) is 1.39. The Labute approximate surface area is 235 Å². The van der Waals surface area contributed by atoms with Crippen molar-refractivity contribution in [3.05, 3.63) is 81.0 Å². The predicted molar refractivity (Wildman–Crippen MR) is 145 cm³/mol. The van der Waals surface area contributed by atoms with Gasteiger partial charge < -0.3 is 20.9 Å². The van der Waals surface area contributed by atoms with Gasteiger partial charge in [0.05, 0.1) is 5.71 Å². The Hall–Kier alpha value is -5.42. The molecule has 4 N–H and O–H groups in total. The number of halogens is 3. The van der Waals surface area contributed by atoms with Crippen LogP contribution in [-0.4, -0.2) is 53.1 Å². The molecule has 3 rings (SSSR count). The Morgan fingerprint density at radius 3 is 2.48 bits per heavy atom. The first-order valence-corrected chi connectivity index (χ1v) is 12.0. The number of amides is 1. The van der Waals surface area contributed by atoms with E-state index in [1.165, 1.54) is 26.3 Å². The lowest BCUT2D eigenvalue weighted by molar-refractivity contribution is -0.145. The van der Waals surface area contributed by atoms with Crippen LogP contribution in [-0.2, 0) is 24.6 Å². The van der Waals surface area contributed by atoms with Gasteiger partial charge in [-0.3, -0.25) is 14.2 Å². The van der Waals surface area contributed by atoms with E-state index in [1.807, 2.05) is 0 Å². The van der Waals surface area contributed by atoms with Gasteiger partial charge >= 0.3 is 11.9 Å². The van der Waals surface area contributed by atoms with E-state index in [0.717, 1.165) is 27.7 Å². The van der Waals surface area contributed by atoms with Gasteiger partial charge in [0, 0.05) is 37.4 Å². The molecule has 0 aliphatic heterocycles. The largest absolute Gasteiger partial charge is 0.451 e. The van der Waals surface area contributed by atoms with Crippen molar-refractivity contribution in [2.75, 3.05) is 5.32 Å². The number of carbonyl (C=O) groups is 1. The molecule has 0 aliphatic rings. The molecule has 3 heterocycles. The van der Waals surface area contributed by atoms with Gasteiger partial charge in [0.1, 0.15) is 24.1 Å². The molecule has 0 spiro atoms. The van der Waals surface area contributed by atoms with E-state index in [0.29, 0.717) is 5.82 Å². The second kappa shape index (κ2) is 12.8. The van der Waals surface area contributed by atoms with Crippen molar-refractivity contribution in [2.45, 2.75) is 39.5 Å². The fourth-order valence-corrected chi connectivity index (χ4v) is 3.42. The topological polar surface area (TPSA) is 201 Å². The number of carbonyl (C=O) groups excluding carboxylic acids is 1. The van der Waals surface area contributed by atoms with Crippen LogP contribution < -0.4 is 27.6 Å². The van der Waals surface area contributed by atoms with Crippen LogP contribution in [0.2, 0.25) is 0 Å². The van der Waals surface area contributed by atoms with E-state index in [4.69, 9.17) is 10.3 Å². The zero-order chi connectivity index (χ0) is 31.2. The first-order valence-electron chi connectivity index (χ1n) is 12.0. The SMILES string of the molecule is C=C/C(=N\C(=C/N)NC(=O)[C@H](C)Nc1c(/N=C\C)n(C)c(=O)n(Cc2nc(C)no2)c1=O)c1cnc(C(F)(F)F)nc1. The van der Waals surface area contributed by atoms with Gasteiger partial charge in [-0.25, -0.2) is 29.3 Å². The zero-order valence-corrected chi connectivity index (χ0v) is 22.8. The zero-order valence-electron chi connectivity index (χ0n) is 22.8. The molecule has 0 saturated carbocycles. The highest BCUT2D eigenvalue weighted by Gasteiger charge is 2.34. The quantitative estimate of drug-likeness (QED) is 0.288. The lowest BCUT2D eigenvalue weighted by Crippen LogP contribution is -2.43. The average molecular weight is 590 g/mol. The fourth-order valence-electron chi connectivity index (χ4n) is 3.42. The van der Waals surface area contributed by atoms with Crippen molar-refractivity contribution in [3.63, 3.8) is 0 Å². The van der Waals surface area contributed by atoms with Gasteiger partial charge in [-0.05, 0) is 26.8 Å². The molecule has 1 amide bonds. The summed E-state index contributed by atoms with van der Waals surface area (Å²) in [6.07, 6.45) is 0.570. The van der Waals surface area contributed by atoms with E-state index in [-0.39, 0.29) is 41.0 Å². The first kappa shape index (κ1) is 31.1. The lowest BCUT2D eigenvalue weighted by Gasteiger charge is -2.19. The number of aryl methyl sites for hydroxylation is 1. The predicted octanol–water partition coefficient (Wildman–Crippen LogP) is 1.17. The van der Waals surface area contributed by atoms with E-state index < -0.39 is 35.2 Å². The summed E-state index contributed by atoms with van der Waals surface area (Å²) in [6.45, 7) is 7.80. The molecule has 42 heavy (non-hydrogen) atoms. The van der Waals surface area contributed by atoms with Crippen molar-refractivity contribution >= 4 is 29.3 Å². The highest BCUT2D eigenvalue weighted by Crippen LogP contribution is 2.25. The molecule has 18 heteroatoms. The summed E-state index contributed by atoms with van der Waals surface area (Å²) in [5.41, 5.74) is 3.99. The fraction of sp³-hybridized carbons (Fsp3) is 0.292. The Balaban J connectivity index is 1.88. The standard InChI is InChI=1S/C24H26F3N11O4/c1-6-15(14-9-30-22(31-10-14)24(25,26)27)34-16(8-28)35-20(39)12(3)32-18-19(29-7-2)37(5)23(41)38(21(18)40)11-17-33-13(4)36-42-17/h6-10,12,32H,1,11,28H2,2-5H3,(H,35,39)/b16-8+,29-7-,34-15+/t12-/m0/s1. The molecule has 0 bridgehead atoms. The number of hydrogen-bond donors (Lipinski definition) is 3. The molecule has 0 aromatic carbocycles. The molecule has 3 aromatic heterocycles. The second-order valence-corrected chi connectivity index (χ2v) is 8.46. The van der Waals surface area contributed by atoms with Crippen LogP contribution in [0.1, 0.15) is 37.0 Å². The number of nitrogens with two attached hydrogens (primary N) is 1. The third-order valence-electron chi connectivity index (χ3n) is 5.43. The number of aliphatic imine (C=N–C) groups is 2. The van der Waals surface area contributed by atoms with Gasteiger partial charge in [0.25, 0.3) is 5.56 Å². The van der Waals surface area contributed by atoms with Crippen molar-refractivity contribution in [3.8, 4) is 0 Å². The molecule has 1 atom stereocenters. The smallest absolute Gasteiger partial charge is 0.402 e. The van der Waals surface area contributed by atoms with Gasteiger partial charge in [-0.15, -0.1) is 0 Å². The van der Waals surface area contributed by atoms with Crippen LogP contribution >= 0.6 is 0 Å². The summed E-state index contributed by atoms with van der Waals surface area (Å²) >= 11 is 0. The van der Waals surface area contributed by atoms with Crippen LogP contribution in [0.4, 0.5) is 24.7 Å². The normalized spacial score (nSPS) is 13.3. The van der Waals surface area contributed by atoms with Crippen molar-refractivity contribution in [1.82, 2.24) is 34.6 Å². The number of rotatable bonds is 10. The summed E-state index contributed by atoms with van der Waals surface area (Å²) < 4.78 is 45.3. The molecule has 15 nitrogen and oxygen atoms in total. The molecule has 0 fully saturated rings. The van der Waals surface area contributed by atoms with Crippen molar-refractivity contribution in [1.29, 1.82) is 0 Å². The molecule has 0 saturated heterocycles. The van der Waals surface area contributed by atoms with E-state index >= 15 is 0 Å². The maximum Gasteiger partial charge on any atom is 0.451 e. The minimum atomic E-state index is -4.73. The maximum absolute atomic E-state index is 13.4.